The molecule has 138 valence electrons. The van der Waals surface area contributed by atoms with E-state index in [1.807, 2.05) is 24.3 Å². The molecule has 27 heavy (non-hydrogen) atoms. The van der Waals surface area contributed by atoms with E-state index in [0.717, 1.165) is 12.1 Å². The molecule has 0 unspecified atom stereocenters. The first-order chi connectivity index (χ1) is 13.0. The number of nitrogens with zero attached hydrogens (tertiary/aromatic N) is 1. The molecule has 0 atom stereocenters. The van der Waals surface area contributed by atoms with Crippen molar-refractivity contribution in [1.29, 1.82) is 0 Å². The molecule has 0 aromatic heterocycles. The zero-order chi connectivity index (χ0) is 19.2. The van der Waals surface area contributed by atoms with Crippen LogP contribution in [-0.2, 0) is 16.0 Å². The van der Waals surface area contributed by atoms with Crippen LogP contribution in [0.5, 0.6) is 5.75 Å². The lowest BCUT2D eigenvalue weighted by Crippen LogP contribution is -2.19. The highest BCUT2D eigenvalue weighted by Gasteiger charge is 2.24. The number of aliphatic carboxylic acids is 1. The molecule has 1 amide bonds. The molecule has 0 bridgehead atoms. The lowest BCUT2D eigenvalue weighted by Gasteiger charge is -2.06. The number of hydrogen-bond donors (Lipinski definition) is 2. The Kier molecular flexibility index (Phi) is 5.93. The van der Waals surface area contributed by atoms with Crippen LogP contribution in [-0.4, -0.2) is 28.8 Å². The van der Waals surface area contributed by atoms with E-state index in [2.05, 4.69) is 17.2 Å². The van der Waals surface area contributed by atoms with Crippen LogP contribution in [0.15, 0.2) is 58.4 Å². The minimum atomic E-state index is -1.06. The van der Waals surface area contributed by atoms with Crippen LogP contribution in [0.3, 0.4) is 0 Å². The van der Waals surface area contributed by atoms with Gasteiger partial charge in [0.05, 0.1) is 10.6 Å². The number of carbonyl (C=O) groups is 2. The molecule has 2 aromatic rings. The third kappa shape index (κ3) is 4.98. The standard InChI is InChI=1S/C20H18N2O4S/c1-2-13-7-9-15(10-8-13)21-20-22-19(25)17(27-20)11-14-5-3-4-6-16(14)26-12-18(23)24/h3-11H,2,12H2,1H3,(H,23,24)(H,21,22,25)/b17-11+. The second-order valence-electron chi connectivity index (χ2n) is 5.72. The fourth-order valence-corrected chi connectivity index (χ4v) is 3.25. The molecular formula is C20H18N2O4S. The number of aliphatic imine (C=N–C) groups is 1. The topological polar surface area (TPSA) is 88.0 Å². The third-order valence-corrected chi connectivity index (χ3v) is 4.69. The first-order valence-corrected chi connectivity index (χ1v) is 9.19. The number of nitrogens with one attached hydrogen (secondary N) is 1. The number of hydrogen-bond acceptors (Lipinski definition) is 5. The summed E-state index contributed by atoms with van der Waals surface area (Å²) in [6.45, 7) is 1.64. The summed E-state index contributed by atoms with van der Waals surface area (Å²) in [6, 6.07) is 14.8. The highest BCUT2D eigenvalue weighted by atomic mass is 32.2. The Balaban J connectivity index is 1.79. The Morgan fingerprint density at radius 1 is 1.22 bits per heavy atom. The van der Waals surface area contributed by atoms with Gasteiger partial charge < -0.3 is 15.2 Å². The Morgan fingerprint density at radius 3 is 2.67 bits per heavy atom. The number of aryl methyl sites for hydroxylation is 1. The van der Waals surface area contributed by atoms with Crippen LogP contribution < -0.4 is 10.1 Å². The summed E-state index contributed by atoms with van der Waals surface area (Å²) in [4.78, 5) is 27.9. The first-order valence-electron chi connectivity index (χ1n) is 8.37. The SMILES string of the molecule is CCc1ccc(N=C2NC(=O)/C(=C\c3ccccc3OCC(=O)O)S2)cc1. The van der Waals surface area contributed by atoms with Crippen LogP contribution in [0.25, 0.3) is 6.08 Å². The van der Waals surface area contributed by atoms with E-state index < -0.39 is 12.6 Å². The Bertz CT molecular complexity index is 920. The molecule has 2 N–H and O–H groups in total. The number of benzene rings is 2. The summed E-state index contributed by atoms with van der Waals surface area (Å²) in [5.41, 5.74) is 2.62. The number of thioether (sulfide) groups is 1. The van der Waals surface area contributed by atoms with Crippen molar-refractivity contribution in [2.24, 2.45) is 4.99 Å². The maximum atomic E-state index is 12.2. The minimum Gasteiger partial charge on any atom is -0.481 e. The minimum absolute atomic E-state index is 0.253. The van der Waals surface area contributed by atoms with E-state index in [-0.39, 0.29) is 5.91 Å². The molecule has 3 rings (SSSR count). The number of rotatable bonds is 6. The van der Waals surface area contributed by atoms with Crippen molar-refractivity contribution >= 4 is 40.6 Å². The summed E-state index contributed by atoms with van der Waals surface area (Å²) >= 11 is 1.23. The van der Waals surface area contributed by atoms with Gasteiger partial charge in [-0.1, -0.05) is 37.3 Å². The number of carboxylic acids is 1. The number of carbonyl (C=O) groups excluding carboxylic acids is 1. The van der Waals surface area contributed by atoms with Gasteiger partial charge in [0.1, 0.15) is 5.75 Å². The average molecular weight is 382 g/mol. The van der Waals surface area contributed by atoms with Crippen LogP contribution in [0, 0.1) is 0 Å². The molecule has 7 heteroatoms. The van der Waals surface area contributed by atoms with E-state index >= 15 is 0 Å². The van der Waals surface area contributed by atoms with Crippen molar-refractivity contribution < 1.29 is 19.4 Å². The Hall–Kier alpha value is -3.06. The van der Waals surface area contributed by atoms with Crippen LogP contribution in [0.4, 0.5) is 5.69 Å². The van der Waals surface area contributed by atoms with E-state index in [4.69, 9.17) is 9.84 Å². The smallest absolute Gasteiger partial charge is 0.341 e. The molecule has 1 saturated heterocycles. The molecule has 1 aliphatic heterocycles. The zero-order valence-electron chi connectivity index (χ0n) is 14.6. The van der Waals surface area contributed by atoms with Gasteiger partial charge in [0, 0.05) is 5.56 Å². The van der Waals surface area contributed by atoms with Crippen LogP contribution in [0.1, 0.15) is 18.1 Å². The van der Waals surface area contributed by atoms with Gasteiger partial charge in [0.15, 0.2) is 11.8 Å². The number of amidine groups is 1. The summed E-state index contributed by atoms with van der Waals surface area (Å²) < 4.78 is 5.27. The van der Waals surface area contributed by atoms with Gasteiger partial charge in [0.25, 0.3) is 5.91 Å². The normalized spacial score (nSPS) is 16.6. The van der Waals surface area contributed by atoms with Gasteiger partial charge in [-0.15, -0.1) is 0 Å². The molecule has 0 radical (unpaired) electrons. The second-order valence-corrected chi connectivity index (χ2v) is 6.75. The number of carboxylic acid groups (broad SMARTS) is 1. The highest BCUT2D eigenvalue weighted by molar-refractivity contribution is 8.18. The van der Waals surface area contributed by atoms with Crippen molar-refractivity contribution in [3.8, 4) is 5.75 Å². The molecular weight excluding hydrogens is 364 g/mol. The quantitative estimate of drug-likeness (QED) is 0.745. The fraction of sp³-hybridized carbons (Fsp3) is 0.150. The second kappa shape index (κ2) is 8.55. The molecule has 0 saturated carbocycles. The molecule has 2 aromatic carbocycles. The van der Waals surface area contributed by atoms with E-state index in [9.17, 15) is 9.59 Å². The van der Waals surface area contributed by atoms with Gasteiger partial charge in [-0.05, 0) is 48.0 Å². The van der Waals surface area contributed by atoms with Crippen molar-refractivity contribution in [1.82, 2.24) is 5.32 Å². The lowest BCUT2D eigenvalue weighted by atomic mass is 10.2. The molecule has 0 aliphatic carbocycles. The van der Waals surface area contributed by atoms with Crippen molar-refractivity contribution in [3.05, 3.63) is 64.6 Å². The highest BCUT2D eigenvalue weighted by Crippen LogP contribution is 2.30. The first kappa shape index (κ1) is 18.7. The Morgan fingerprint density at radius 2 is 1.96 bits per heavy atom. The maximum Gasteiger partial charge on any atom is 0.341 e. The van der Waals surface area contributed by atoms with Gasteiger partial charge in [-0.2, -0.15) is 0 Å². The molecule has 1 heterocycles. The molecule has 1 aliphatic rings. The maximum absolute atomic E-state index is 12.2. The fourth-order valence-electron chi connectivity index (χ4n) is 2.42. The van der Waals surface area contributed by atoms with Gasteiger partial charge in [-0.25, -0.2) is 9.79 Å². The summed E-state index contributed by atoms with van der Waals surface area (Å²) in [5, 5.41) is 12.0. The van der Waals surface area contributed by atoms with Gasteiger partial charge >= 0.3 is 5.97 Å². The van der Waals surface area contributed by atoms with Crippen molar-refractivity contribution in [3.63, 3.8) is 0 Å². The predicted molar refractivity (Wildman–Crippen MR) is 106 cm³/mol. The molecule has 1 fully saturated rings. The van der Waals surface area contributed by atoms with Crippen LogP contribution >= 0.6 is 11.8 Å². The molecule has 6 nitrogen and oxygen atoms in total. The summed E-state index contributed by atoms with van der Waals surface area (Å²) in [7, 11) is 0. The van der Waals surface area contributed by atoms with E-state index in [0.29, 0.717) is 21.4 Å². The van der Waals surface area contributed by atoms with Crippen molar-refractivity contribution in [2.75, 3.05) is 6.61 Å². The zero-order valence-corrected chi connectivity index (χ0v) is 15.5. The van der Waals surface area contributed by atoms with Gasteiger partial charge in [-0.3, -0.25) is 4.79 Å². The van der Waals surface area contributed by atoms with Crippen molar-refractivity contribution in [2.45, 2.75) is 13.3 Å². The number of para-hydroxylation sites is 1. The summed E-state index contributed by atoms with van der Waals surface area (Å²) in [6.07, 6.45) is 2.62. The summed E-state index contributed by atoms with van der Waals surface area (Å²) in [5.74, 6) is -0.910. The van der Waals surface area contributed by atoms with Gasteiger partial charge in [0.2, 0.25) is 0 Å². The predicted octanol–water partition coefficient (Wildman–Crippen LogP) is 3.60. The average Bonchev–Trinajstić information content (AvgIpc) is 3.00. The monoisotopic (exact) mass is 382 g/mol. The van der Waals surface area contributed by atoms with E-state index in [1.54, 1.807) is 30.3 Å². The van der Waals surface area contributed by atoms with E-state index in [1.165, 1.54) is 17.3 Å². The number of ether oxygens (including phenoxy) is 1. The third-order valence-electron chi connectivity index (χ3n) is 3.78. The molecule has 0 spiro atoms. The Labute approximate surface area is 161 Å². The lowest BCUT2D eigenvalue weighted by molar-refractivity contribution is -0.139. The largest absolute Gasteiger partial charge is 0.481 e. The number of amides is 1. The van der Waals surface area contributed by atoms with Crippen LogP contribution in [0.2, 0.25) is 0 Å².